The lowest BCUT2D eigenvalue weighted by Crippen LogP contribution is -2.50. The fourth-order valence-corrected chi connectivity index (χ4v) is 6.88. The SMILES string of the molecule is CC(C)(C)C(=O)SCCOP(=O)(OCCSC(=O)C(C)(C)C)OC[C@@]1(F)C[C@@H](n2ccc(=O)[nH]c2=O)[C@](C)(O)[C@@H]1O. The van der Waals surface area contributed by atoms with E-state index in [2.05, 4.69) is 0 Å². The molecule has 0 bridgehead atoms. The minimum Gasteiger partial charge on any atom is -0.387 e. The van der Waals surface area contributed by atoms with Crippen molar-refractivity contribution in [3.05, 3.63) is 33.1 Å². The number of halogens is 1. The first-order valence-corrected chi connectivity index (χ1v) is 16.3. The van der Waals surface area contributed by atoms with Gasteiger partial charge in [-0.2, -0.15) is 0 Å². The number of rotatable bonds is 12. The molecule has 0 spiro atoms. The predicted molar refractivity (Wildman–Crippen MR) is 155 cm³/mol. The Bertz CT molecular complexity index is 1220. The molecular weight excluding hydrogens is 602 g/mol. The Hall–Kier alpha value is -1.32. The molecule has 1 aromatic heterocycles. The molecule has 1 aliphatic carbocycles. The Morgan fingerprint density at radius 2 is 1.56 bits per heavy atom. The van der Waals surface area contributed by atoms with Crippen LogP contribution in [0, 0.1) is 10.8 Å². The molecule has 1 heterocycles. The molecule has 1 saturated carbocycles. The quantitative estimate of drug-likeness (QED) is 0.225. The number of thioether (sulfide) groups is 2. The van der Waals surface area contributed by atoms with Crippen LogP contribution in [0.4, 0.5) is 4.39 Å². The van der Waals surface area contributed by atoms with Crippen molar-refractivity contribution in [2.75, 3.05) is 31.3 Å². The van der Waals surface area contributed by atoms with Crippen molar-refractivity contribution in [1.82, 2.24) is 9.55 Å². The topological polar surface area (TPSA) is 174 Å². The summed E-state index contributed by atoms with van der Waals surface area (Å²) in [6, 6.07) is -0.296. The van der Waals surface area contributed by atoms with Crippen molar-refractivity contribution in [1.29, 1.82) is 0 Å². The summed E-state index contributed by atoms with van der Waals surface area (Å²) in [5.41, 5.74) is -7.72. The summed E-state index contributed by atoms with van der Waals surface area (Å²) in [5, 5.41) is 21.4. The molecule has 4 atom stereocenters. The predicted octanol–water partition coefficient (Wildman–Crippen LogP) is 3.07. The van der Waals surface area contributed by atoms with Crippen molar-refractivity contribution in [2.45, 2.75) is 78.3 Å². The number of nitrogens with one attached hydrogen (secondary N) is 1. The second kappa shape index (κ2) is 13.5. The average Bonchev–Trinajstić information content (AvgIpc) is 3.02. The minimum absolute atomic E-state index is 0.0966. The standard InChI is InChI=1S/C25H40FN2O10PS2/c1-22(2,3)19(31)40-12-10-36-39(35,37-11-13-41-20(32)23(4,5)6)38-15-25(26)14-16(24(7,34)18(25)30)28-9-8-17(29)27-21(28)33/h8-9,16,18,30,34H,10-15H2,1-7H3,(H,27,29,33)/t16-,18+,24+,25+/m1/s1. The molecule has 0 unspecified atom stereocenters. The molecule has 12 nitrogen and oxygen atoms in total. The lowest BCUT2D eigenvalue weighted by molar-refractivity contribution is -0.118. The van der Waals surface area contributed by atoms with Gasteiger partial charge < -0.3 is 10.2 Å². The maximum Gasteiger partial charge on any atom is 0.474 e. The molecule has 3 N–H and O–H groups in total. The normalized spacial score (nSPS) is 25.4. The van der Waals surface area contributed by atoms with Gasteiger partial charge in [0.25, 0.3) is 5.56 Å². The fraction of sp³-hybridized carbons (Fsp3) is 0.760. The molecule has 1 fully saturated rings. The highest BCUT2D eigenvalue weighted by Gasteiger charge is 2.62. The summed E-state index contributed by atoms with van der Waals surface area (Å²) in [6.07, 6.45) is -1.66. The van der Waals surface area contributed by atoms with Crippen LogP contribution >= 0.6 is 31.3 Å². The number of aromatic amines is 1. The number of aliphatic hydroxyl groups excluding tert-OH is 1. The van der Waals surface area contributed by atoms with Gasteiger partial charge in [0, 0.05) is 41.0 Å². The molecule has 0 aromatic carbocycles. The van der Waals surface area contributed by atoms with Crippen molar-refractivity contribution in [2.24, 2.45) is 10.8 Å². The zero-order valence-electron chi connectivity index (χ0n) is 24.3. The first-order chi connectivity index (χ1) is 18.6. The summed E-state index contributed by atoms with van der Waals surface area (Å²) >= 11 is 1.90. The number of aliphatic hydroxyl groups is 2. The zero-order chi connectivity index (χ0) is 31.4. The number of phosphoric ester groups is 1. The van der Waals surface area contributed by atoms with Crippen molar-refractivity contribution < 1.29 is 42.3 Å². The molecule has 2 rings (SSSR count). The molecule has 16 heteroatoms. The van der Waals surface area contributed by atoms with Crippen LogP contribution in [0.1, 0.15) is 60.9 Å². The number of hydrogen-bond donors (Lipinski definition) is 3. The van der Waals surface area contributed by atoms with E-state index in [4.69, 9.17) is 13.6 Å². The van der Waals surface area contributed by atoms with Crippen molar-refractivity contribution >= 4 is 41.6 Å². The zero-order valence-corrected chi connectivity index (χ0v) is 26.8. The average molecular weight is 643 g/mol. The molecule has 0 radical (unpaired) electrons. The molecule has 234 valence electrons. The first-order valence-electron chi connectivity index (χ1n) is 12.9. The van der Waals surface area contributed by atoms with E-state index in [1.54, 1.807) is 41.5 Å². The Morgan fingerprint density at radius 1 is 1.07 bits per heavy atom. The van der Waals surface area contributed by atoms with Crippen LogP contribution in [-0.2, 0) is 27.7 Å². The lowest BCUT2D eigenvalue weighted by atomic mass is 9.95. The Morgan fingerprint density at radius 3 is 2.00 bits per heavy atom. The van der Waals surface area contributed by atoms with Crippen LogP contribution in [0.3, 0.4) is 0 Å². The smallest absolute Gasteiger partial charge is 0.387 e. The third-order valence-electron chi connectivity index (χ3n) is 6.26. The maximum absolute atomic E-state index is 16.1. The highest BCUT2D eigenvalue weighted by Crippen LogP contribution is 2.54. The molecule has 0 aliphatic heterocycles. The number of alkyl halides is 1. The van der Waals surface area contributed by atoms with Gasteiger partial charge in [0.1, 0.15) is 11.7 Å². The highest BCUT2D eigenvalue weighted by molar-refractivity contribution is 8.14. The van der Waals surface area contributed by atoms with Crippen molar-refractivity contribution in [3.8, 4) is 0 Å². The van der Waals surface area contributed by atoms with Gasteiger partial charge in [0.05, 0.1) is 25.9 Å². The Kier molecular flexibility index (Phi) is 11.8. The largest absolute Gasteiger partial charge is 0.474 e. The van der Waals surface area contributed by atoms with Gasteiger partial charge in [-0.3, -0.25) is 37.5 Å². The molecule has 1 aromatic rings. The van der Waals surface area contributed by atoms with Crippen LogP contribution in [0.5, 0.6) is 0 Å². The lowest BCUT2D eigenvalue weighted by Gasteiger charge is -2.31. The Balaban J connectivity index is 2.16. The van der Waals surface area contributed by atoms with Crippen LogP contribution < -0.4 is 11.2 Å². The van der Waals surface area contributed by atoms with Crippen LogP contribution in [0.2, 0.25) is 0 Å². The van der Waals surface area contributed by atoms with Crippen molar-refractivity contribution in [3.63, 3.8) is 0 Å². The number of aromatic nitrogens is 2. The Labute approximate surface area is 246 Å². The van der Waals surface area contributed by atoms with E-state index in [0.717, 1.165) is 47.3 Å². The summed E-state index contributed by atoms with van der Waals surface area (Å²) in [6.45, 7) is 10.0. The van der Waals surface area contributed by atoms with Crippen LogP contribution in [0.15, 0.2) is 21.9 Å². The maximum atomic E-state index is 16.1. The van der Waals surface area contributed by atoms with Gasteiger partial charge in [0.15, 0.2) is 15.9 Å². The molecule has 0 amide bonds. The number of hydrogen-bond acceptors (Lipinski definition) is 12. The molecule has 41 heavy (non-hydrogen) atoms. The first kappa shape index (κ1) is 35.9. The third-order valence-corrected chi connectivity index (χ3v) is 10.2. The number of nitrogens with zero attached hydrogens (tertiary/aromatic N) is 1. The number of H-pyrrole nitrogens is 1. The van der Waals surface area contributed by atoms with E-state index >= 15 is 4.39 Å². The minimum atomic E-state index is -4.49. The fourth-order valence-electron chi connectivity index (χ4n) is 3.83. The number of phosphoric acid groups is 1. The van der Waals surface area contributed by atoms with Gasteiger partial charge in [-0.25, -0.2) is 13.8 Å². The van der Waals surface area contributed by atoms with Crippen LogP contribution in [0.25, 0.3) is 0 Å². The summed E-state index contributed by atoms with van der Waals surface area (Å²) in [7, 11) is -4.49. The monoisotopic (exact) mass is 642 g/mol. The third kappa shape index (κ3) is 9.59. The molecular formula is C25H40FN2O10PS2. The van der Waals surface area contributed by atoms with Gasteiger partial charge in [-0.1, -0.05) is 65.1 Å². The second-order valence-electron chi connectivity index (χ2n) is 12.1. The van der Waals surface area contributed by atoms with E-state index in [0.29, 0.717) is 0 Å². The van der Waals surface area contributed by atoms with Crippen LogP contribution in [-0.4, -0.2) is 78.7 Å². The highest BCUT2D eigenvalue weighted by atomic mass is 32.2. The summed E-state index contributed by atoms with van der Waals surface area (Å²) < 4.78 is 46.4. The number of carbonyl (C=O) groups is 2. The van der Waals surface area contributed by atoms with E-state index < -0.39 is 66.3 Å². The van der Waals surface area contributed by atoms with E-state index in [-0.39, 0.29) is 35.0 Å². The van der Waals surface area contributed by atoms with E-state index in [1.165, 1.54) is 0 Å². The van der Waals surface area contributed by atoms with Gasteiger partial charge >= 0.3 is 13.5 Å². The second-order valence-corrected chi connectivity index (χ2v) is 15.9. The molecule has 1 aliphatic rings. The van der Waals surface area contributed by atoms with Gasteiger partial charge in [-0.05, 0) is 6.92 Å². The molecule has 0 saturated heterocycles. The van der Waals surface area contributed by atoms with E-state index in [1.807, 2.05) is 4.98 Å². The summed E-state index contributed by atoms with van der Waals surface area (Å²) in [4.78, 5) is 50.1. The summed E-state index contributed by atoms with van der Waals surface area (Å²) in [5.74, 6) is 0.193. The van der Waals surface area contributed by atoms with Gasteiger partial charge in [0.2, 0.25) is 0 Å². The number of carbonyl (C=O) groups excluding carboxylic acids is 2. The van der Waals surface area contributed by atoms with E-state index in [9.17, 15) is 34.0 Å². The van der Waals surface area contributed by atoms with Gasteiger partial charge in [-0.15, -0.1) is 0 Å².